The lowest BCUT2D eigenvalue weighted by atomic mass is 9.73. The Morgan fingerprint density at radius 2 is 2.00 bits per heavy atom. The van der Waals surface area contributed by atoms with E-state index in [-0.39, 0.29) is 6.42 Å². The maximum atomic E-state index is 10.9. The van der Waals surface area contributed by atoms with E-state index in [0.29, 0.717) is 6.42 Å². The van der Waals surface area contributed by atoms with Crippen LogP contribution in [-0.2, 0) is 10.2 Å². The zero-order chi connectivity index (χ0) is 13.6. The molecule has 0 aliphatic heterocycles. The Kier molecular flexibility index (Phi) is 4.45. The summed E-state index contributed by atoms with van der Waals surface area (Å²) in [5, 5.41) is 27.2. The van der Waals surface area contributed by atoms with Crippen molar-refractivity contribution in [2.75, 3.05) is 0 Å². The lowest BCUT2D eigenvalue weighted by Crippen LogP contribution is -2.29. The highest BCUT2D eigenvalue weighted by molar-refractivity contribution is 5.73. The monoisotopic (exact) mass is 242 g/mol. The molecule has 1 aromatic carbocycles. The molecule has 0 radical (unpaired) electrons. The Hall–Kier alpha value is -2.33. The summed E-state index contributed by atoms with van der Waals surface area (Å²) >= 11 is 0. The van der Waals surface area contributed by atoms with E-state index in [1.54, 1.807) is 30.3 Å². The van der Waals surface area contributed by atoms with Crippen molar-refractivity contribution in [3.05, 3.63) is 35.9 Å². The Morgan fingerprint density at radius 3 is 2.39 bits per heavy atom. The van der Waals surface area contributed by atoms with E-state index in [9.17, 15) is 10.1 Å². The molecule has 0 aliphatic carbocycles. The van der Waals surface area contributed by atoms with Crippen molar-refractivity contribution in [1.29, 1.82) is 10.5 Å². The van der Waals surface area contributed by atoms with Gasteiger partial charge in [0.15, 0.2) is 0 Å². The SMILES string of the molecule is CCC(C#N)(CC(C#N)C(=O)O)c1ccccc1. The number of rotatable bonds is 5. The fourth-order valence-electron chi connectivity index (χ4n) is 1.95. The zero-order valence-electron chi connectivity index (χ0n) is 10.1. The zero-order valence-corrected chi connectivity index (χ0v) is 10.1. The first-order chi connectivity index (χ1) is 8.59. The molecular formula is C14H14N2O2. The van der Waals surface area contributed by atoms with Crippen LogP contribution in [0.2, 0.25) is 0 Å². The summed E-state index contributed by atoms with van der Waals surface area (Å²) in [4.78, 5) is 10.9. The van der Waals surface area contributed by atoms with Crippen molar-refractivity contribution in [3.63, 3.8) is 0 Å². The van der Waals surface area contributed by atoms with Crippen LogP contribution in [0, 0.1) is 28.6 Å². The fourth-order valence-corrected chi connectivity index (χ4v) is 1.95. The van der Waals surface area contributed by atoms with Gasteiger partial charge in [-0.1, -0.05) is 37.3 Å². The molecule has 92 valence electrons. The summed E-state index contributed by atoms with van der Waals surface area (Å²) in [7, 11) is 0. The van der Waals surface area contributed by atoms with Crippen LogP contribution in [0.3, 0.4) is 0 Å². The maximum absolute atomic E-state index is 10.9. The summed E-state index contributed by atoms with van der Waals surface area (Å²) in [6.45, 7) is 1.83. The fraction of sp³-hybridized carbons (Fsp3) is 0.357. The number of carboxylic acids is 1. The molecule has 1 aromatic rings. The Bertz CT molecular complexity index is 499. The number of carbonyl (C=O) groups is 1. The molecule has 0 aromatic heterocycles. The molecule has 1 rings (SSSR count). The van der Waals surface area contributed by atoms with Crippen molar-refractivity contribution in [2.24, 2.45) is 5.92 Å². The van der Waals surface area contributed by atoms with E-state index in [0.717, 1.165) is 5.56 Å². The molecular weight excluding hydrogens is 228 g/mol. The minimum Gasteiger partial charge on any atom is -0.480 e. The quantitative estimate of drug-likeness (QED) is 0.859. The number of hydrogen-bond donors (Lipinski definition) is 1. The van der Waals surface area contributed by atoms with E-state index < -0.39 is 17.3 Å². The molecule has 4 nitrogen and oxygen atoms in total. The minimum atomic E-state index is -1.18. The average Bonchev–Trinajstić information content (AvgIpc) is 2.41. The van der Waals surface area contributed by atoms with Crippen LogP contribution in [0.15, 0.2) is 30.3 Å². The van der Waals surface area contributed by atoms with E-state index in [2.05, 4.69) is 6.07 Å². The Morgan fingerprint density at radius 1 is 1.39 bits per heavy atom. The molecule has 18 heavy (non-hydrogen) atoms. The molecule has 0 bridgehead atoms. The third kappa shape index (κ3) is 2.67. The van der Waals surface area contributed by atoms with E-state index in [1.165, 1.54) is 0 Å². The highest BCUT2D eigenvalue weighted by Gasteiger charge is 2.36. The normalized spacial score (nSPS) is 14.8. The molecule has 0 aliphatic rings. The highest BCUT2D eigenvalue weighted by Crippen LogP contribution is 2.34. The molecule has 2 unspecified atom stereocenters. The first-order valence-electron chi connectivity index (χ1n) is 5.69. The third-order valence-corrected chi connectivity index (χ3v) is 3.15. The highest BCUT2D eigenvalue weighted by atomic mass is 16.4. The van der Waals surface area contributed by atoms with Gasteiger partial charge >= 0.3 is 5.97 Å². The predicted molar refractivity (Wildman–Crippen MR) is 65.4 cm³/mol. The number of aliphatic carboxylic acids is 1. The molecule has 1 N–H and O–H groups in total. The van der Waals surface area contributed by atoms with Crippen molar-refractivity contribution in [3.8, 4) is 12.1 Å². The number of carboxylic acid groups (broad SMARTS) is 1. The van der Waals surface area contributed by atoms with Gasteiger partial charge in [-0.05, 0) is 18.4 Å². The predicted octanol–water partition coefficient (Wildman–Crippen LogP) is 2.47. The summed E-state index contributed by atoms with van der Waals surface area (Å²) in [6.07, 6.45) is 0.481. The first-order valence-corrected chi connectivity index (χ1v) is 5.69. The van der Waals surface area contributed by atoms with Crippen molar-refractivity contribution < 1.29 is 9.90 Å². The van der Waals surface area contributed by atoms with Crippen LogP contribution < -0.4 is 0 Å². The van der Waals surface area contributed by atoms with Crippen molar-refractivity contribution >= 4 is 5.97 Å². The molecule has 0 saturated heterocycles. The Balaban J connectivity index is 3.15. The molecule has 0 fully saturated rings. The number of nitriles is 2. The van der Waals surface area contributed by atoms with Crippen LogP contribution in [0.1, 0.15) is 25.3 Å². The second-order valence-electron chi connectivity index (χ2n) is 4.14. The first kappa shape index (κ1) is 13.7. The second-order valence-corrected chi connectivity index (χ2v) is 4.14. The van der Waals surface area contributed by atoms with Crippen molar-refractivity contribution in [2.45, 2.75) is 25.2 Å². The average molecular weight is 242 g/mol. The van der Waals surface area contributed by atoms with E-state index in [1.807, 2.05) is 13.0 Å². The smallest absolute Gasteiger partial charge is 0.320 e. The molecule has 0 heterocycles. The van der Waals surface area contributed by atoms with E-state index in [4.69, 9.17) is 10.4 Å². The summed E-state index contributed by atoms with van der Waals surface area (Å²) in [6, 6.07) is 13.0. The van der Waals surface area contributed by atoms with Gasteiger partial charge in [0.25, 0.3) is 0 Å². The molecule has 0 saturated carbocycles. The van der Waals surface area contributed by atoms with Gasteiger partial charge in [-0.2, -0.15) is 10.5 Å². The molecule has 0 amide bonds. The topological polar surface area (TPSA) is 84.9 Å². The summed E-state index contributed by atoms with van der Waals surface area (Å²) in [5.74, 6) is -2.34. The standard InChI is InChI=1S/C14H14N2O2/c1-2-14(10-16,8-11(9-15)13(17)18)12-6-4-3-5-7-12/h3-7,11H,2,8H2,1H3,(H,17,18). The van der Waals surface area contributed by atoms with Gasteiger partial charge in [-0.3, -0.25) is 4.79 Å². The lowest BCUT2D eigenvalue weighted by Gasteiger charge is -2.26. The van der Waals surface area contributed by atoms with Gasteiger partial charge in [-0.25, -0.2) is 0 Å². The number of hydrogen-bond acceptors (Lipinski definition) is 3. The van der Waals surface area contributed by atoms with Crippen LogP contribution in [0.25, 0.3) is 0 Å². The van der Waals surface area contributed by atoms with Crippen LogP contribution >= 0.6 is 0 Å². The largest absolute Gasteiger partial charge is 0.480 e. The Labute approximate surface area is 106 Å². The van der Waals surface area contributed by atoms with E-state index >= 15 is 0 Å². The number of nitrogens with zero attached hydrogens (tertiary/aromatic N) is 2. The van der Waals surface area contributed by atoms with Crippen LogP contribution in [0.4, 0.5) is 0 Å². The van der Waals surface area contributed by atoms with Gasteiger partial charge in [0.1, 0.15) is 5.92 Å². The van der Waals surface area contributed by atoms with Gasteiger partial charge in [0.05, 0.1) is 17.6 Å². The van der Waals surface area contributed by atoms with Crippen LogP contribution in [0.5, 0.6) is 0 Å². The summed E-state index contributed by atoms with van der Waals surface area (Å²) in [5.41, 5.74) is -0.156. The van der Waals surface area contributed by atoms with Gasteiger partial charge in [0, 0.05) is 0 Å². The second kappa shape index (κ2) is 5.84. The molecule has 0 spiro atoms. The van der Waals surface area contributed by atoms with Crippen molar-refractivity contribution in [1.82, 2.24) is 0 Å². The molecule has 4 heteroatoms. The van der Waals surface area contributed by atoms with Gasteiger partial charge in [-0.15, -0.1) is 0 Å². The van der Waals surface area contributed by atoms with Crippen LogP contribution in [-0.4, -0.2) is 11.1 Å². The lowest BCUT2D eigenvalue weighted by molar-refractivity contribution is -0.140. The molecule has 2 atom stereocenters. The minimum absolute atomic E-state index is 0.00977. The third-order valence-electron chi connectivity index (χ3n) is 3.15. The number of benzene rings is 1. The van der Waals surface area contributed by atoms with Gasteiger partial charge < -0.3 is 5.11 Å². The van der Waals surface area contributed by atoms with Gasteiger partial charge in [0.2, 0.25) is 0 Å². The summed E-state index contributed by atoms with van der Waals surface area (Å²) < 4.78 is 0. The maximum Gasteiger partial charge on any atom is 0.320 e.